The fourth-order valence-electron chi connectivity index (χ4n) is 12.3. The quantitative estimate of drug-likeness (QED) is 0.0853. The molecule has 11 aromatic carbocycles. The fourth-order valence-corrected chi connectivity index (χ4v) is 12.3. The molecular weight excluding hydrogens is 1140 g/mol. The standard InChI is InChI=1S/C88H62N4O2/c1-14-61(59-93-87-34-8-28-75(53-87)63-16-2-22-69(41-63)81-47-83(71-24-4-18-65(43-71)77-30-10-36-89-55-77)51-84(48-81)72-25-5-19-66(44-72)78-31-11-37-90-56-78)40-62(15-1)60-94-88-35-9-29-76(54-88)64-17-3-23-70(42-64)82-49-85(73-26-6-20-67(45-73)79-32-12-38-91-57-79)52-86(50-82)74-27-7-21-68(46-74)80-33-13-39-92-58-80/h1-58H,59-60H2. The van der Waals surface area contributed by atoms with Crippen molar-refractivity contribution in [3.05, 3.63) is 364 Å². The molecule has 0 fully saturated rings. The van der Waals surface area contributed by atoms with Gasteiger partial charge in [-0.2, -0.15) is 0 Å². The Bertz CT molecular complexity index is 4630. The van der Waals surface area contributed by atoms with E-state index in [2.05, 4.69) is 287 Å². The van der Waals surface area contributed by atoms with Gasteiger partial charge in [0.15, 0.2) is 0 Å². The second-order valence-corrected chi connectivity index (χ2v) is 23.5. The lowest BCUT2D eigenvalue weighted by molar-refractivity contribution is 0.300. The maximum atomic E-state index is 6.55. The highest BCUT2D eigenvalue weighted by Gasteiger charge is 2.15. The van der Waals surface area contributed by atoms with Gasteiger partial charge in [0.25, 0.3) is 0 Å². The third-order valence-corrected chi connectivity index (χ3v) is 17.2. The molecule has 94 heavy (non-hydrogen) atoms. The molecule has 0 aliphatic rings. The molecule has 0 unspecified atom stereocenters. The zero-order valence-electron chi connectivity index (χ0n) is 51.5. The summed E-state index contributed by atoms with van der Waals surface area (Å²) in [5.41, 5.74) is 28.8. The highest BCUT2D eigenvalue weighted by Crippen LogP contribution is 2.40. The summed E-state index contributed by atoms with van der Waals surface area (Å²) in [5.74, 6) is 1.59. The van der Waals surface area contributed by atoms with Crippen LogP contribution in [0.25, 0.3) is 134 Å². The van der Waals surface area contributed by atoms with Crippen LogP contribution in [0.3, 0.4) is 0 Å². The molecule has 0 aliphatic carbocycles. The summed E-state index contributed by atoms with van der Waals surface area (Å²) in [4.78, 5) is 17.6. The maximum absolute atomic E-state index is 6.55. The average Bonchev–Trinajstić information content (AvgIpc) is 0.869. The van der Waals surface area contributed by atoms with Gasteiger partial charge >= 0.3 is 0 Å². The molecule has 6 nitrogen and oxygen atoms in total. The molecule has 15 aromatic rings. The number of pyridine rings is 4. The molecular formula is C88H62N4O2. The van der Waals surface area contributed by atoms with Gasteiger partial charge in [0.1, 0.15) is 24.7 Å². The minimum absolute atomic E-state index is 0.405. The van der Waals surface area contributed by atoms with Crippen LogP contribution in [0.2, 0.25) is 0 Å². The monoisotopic (exact) mass is 1210 g/mol. The van der Waals surface area contributed by atoms with Gasteiger partial charge in [-0.3, -0.25) is 19.9 Å². The van der Waals surface area contributed by atoms with Crippen molar-refractivity contribution in [2.24, 2.45) is 0 Å². The minimum atomic E-state index is 0.405. The summed E-state index contributed by atoms with van der Waals surface area (Å²) < 4.78 is 13.1. The lowest BCUT2D eigenvalue weighted by Gasteiger charge is -2.14. The molecule has 4 heterocycles. The van der Waals surface area contributed by atoms with Crippen molar-refractivity contribution in [2.75, 3.05) is 0 Å². The van der Waals surface area contributed by atoms with E-state index in [0.717, 1.165) is 156 Å². The third-order valence-electron chi connectivity index (χ3n) is 17.2. The number of rotatable bonds is 18. The predicted molar refractivity (Wildman–Crippen MR) is 384 cm³/mol. The largest absolute Gasteiger partial charge is 0.489 e. The SMILES string of the molecule is c1cc(COc2cccc(-c3cccc(-c4cc(-c5cccc(-c6cccnc6)c5)cc(-c5cccc(-c6cccnc6)c5)c4)c3)c2)cc(COc2cccc(-c3cccc(-c4cc(-c5cccc(-c6cccnc6)c5)cc(-c5cccc(-c6cccnc6)c5)c4)c3)c2)c1. The Labute approximate surface area is 548 Å². The molecule has 446 valence electrons. The molecule has 0 N–H and O–H groups in total. The second-order valence-electron chi connectivity index (χ2n) is 23.5. The van der Waals surface area contributed by atoms with Crippen molar-refractivity contribution < 1.29 is 9.47 Å². The van der Waals surface area contributed by atoms with Crippen LogP contribution in [0.5, 0.6) is 11.5 Å². The number of ether oxygens (including phenoxy) is 2. The first-order valence-electron chi connectivity index (χ1n) is 31.6. The van der Waals surface area contributed by atoms with Gasteiger partial charge in [-0.15, -0.1) is 0 Å². The summed E-state index contributed by atoms with van der Waals surface area (Å²) in [6.45, 7) is 0.811. The molecule has 0 radical (unpaired) electrons. The van der Waals surface area contributed by atoms with Gasteiger partial charge in [-0.05, 0) is 250 Å². The van der Waals surface area contributed by atoms with Gasteiger partial charge in [-0.1, -0.05) is 176 Å². The van der Waals surface area contributed by atoms with Crippen molar-refractivity contribution in [2.45, 2.75) is 13.2 Å². The first-order chi connectivity index (χ1) is 46.5. The zero-order chi connectivity index (χ0) is 62.8. The summed E-state index contributed by atoms with van der Waals surface area (Å²) in [5, 5.41) is 0. The van der Waals surface area contributed by atoms with Crippen LogP contribution in [0.4, 0.5) is 0 Å². The van der Waals surface area contributed by atoms with Crippen molar-refractivity contribution in [1.82, 2.24) is 19.9 Å². The van der Waals surface area contributed by atoms with E-state index in [-0.39, 0.29) is 0 Å². The van der Waals surface area contributed by atoms with E-state index in [1.807, 2.05) is 86.0 Å². The number of benzene rings is 11. The Hall–Kier alpha value is -12.4. The molecule has 0 bridgehead atoms. The van der Waals surface area contributed by atoms with E-state index in [9.17, 15) is 0 Å². The molecule has 6 heteroatoms. The van der Waals surface area contributed by atoms with E-state index in [4.69, 9.17) is 9.47 Å². The summed E-state index contributed by atoms with van der Waals surface area (Å²) in [6, 6.07) is 108. The summed E-state index contributed by atoms with van der Waals surface area (Å²) >= 11 is 0. The number of aromatic nitrogens is 4. The van der Waals surface area contributed by atoms with Crippen molar-refractivity contribution in [3.63, 3.8) is 0 Å². The molecule has 0 spiro atoms. The molecule has 0 atom stereocenters. The first-order valence-corrected chi connectivity index (χ1v) is 31.6. The number of hydrogen-bond acceptors (Lipinski definition) is 6. The molecule has 0 aliphatic heterocycles. The van der Waals surface area contributed by atoms with E-state index >= 15 is 0 Å². The summed E-state index contributed by atoms with van der Waals surface area (Å²) in [7, 11) is 0. The molecule has 15 rings (SSSR count). The Morgan fingerprint density at radius 3 is 0.606 bits per heavy atom. The Morgan fingerprint density at radius 2 is 0.362 bits per heavy atom. The Balaban J connectivity index is 0.649. The highest BCUT2D eigenvalue weighted by atomic mass is 16.5. The van der Waals surface area contributed by atoms with Crippen LogP contribution in [-0.4, -0.2) is 19.9 Å². The van der Waals surface area contributed by atoms with Crippen LogP contribution < -0.4 is 9.47 Å². The highest BCUT2D eigenvalue weighted by molar-refractivity contribution is 5.88. The van der Waals surface area contributed by atoms with Gasteiger partial charge in [0.05, 0.1) is 0 Å². The maximum Gasteiger partial charge on any atom is 0.120 e. The lowest BCUT2D eigenvalue weighted by Crippen LogP contribution is -1.99. The molecule has 0 amide bonds. The number of hydrogen-bond donors (Lipinski definition) is 0. The van der Waals surface area contributed by atoms with Crippen LogP contribution in [0, 0.1) is 0 Å². The molecule has 0 saturated carbocycles. The smallest absolute Gasteiger partial charge is 0.120 e. The lowest BCUT2D eigenvalue weighted by atomic mass is 9.90. The van der Waals surface area contributed by atoms with Gasteiger partial charge < -0.3 is 9.47 Å². The Morgan fingerprint density at radius 1 is 0.170 bits per heavy atom. The van der Waals surface area contributed by atoms with Crippen molar-refractivity contribution >= 4 is 0 Å². The summed E-state index contributed by atoms with van der Waals surface area (Å²) in [6.07, 6.45) is 14.9. The van der Waals surface area contributed by atoms with Crippen LogP contribution >= 0.6 is 0 Å². The minimum Gasteiger partial charge on any atom is -0.489 e. The zero-order valence-corrected chi connectivity index (χ0v) is 51.5. The van der Waals surface area contributed by atoms with Crippen LogP contribution in [0.15, 0.2) is 353 Å². The van der Waals surface area contributed by atoms with Gasteiger partial charge in [0.2, 0.25) is 0 Å². The Kier molecular flexibility index (Phi) is 16.7. The first kappa shape index (κ1) is 58.0. The fraction of sp³-hybridized carbons (Fsp3) is 0.0227. The van der Waals surface area contributed by atoms with Crippen LogP contribution in [0.1, 0.15) is 11.1 Å². The van der Waals surface area contributed by atoms with E-state index in [1.54, 1.807) is 0 Å². The van der Waals surface area contributed by atoms with Crippen molar-refractivity contribution in [1.29, 1.82) is 0 Å². The average molecular weight is 1210 g/mol. The van der Waals surface area contributed by atoms with Crippen molar-refractivity contribution in [3.8, 4) is 145 Å². The number of nitrogens with zero attached hydrogens (tertiary/aromatic N) is 4. The van der Waals surface area contributed by atoms with Gasteiger partial charge in [-0.25, -0.2) is 0 Å². The van der Waals surface area contributed by atoms with E-state index < -0.39 is 0 Å². The van der Waals surface area contributed by atoms with Crippen LogP contribution in [-0.2, 0) is 13.2 Å². The molecule has 4 aromatic heterocycles. The second kappa shape index (κ2) is 27.0. The molecule has 0 saturated heterocycles. The van der Waals surface area contributed by atoms with E-state index in [1.165, 1.54) is 0 Å². The topological polar surface area (TPSA) is 70.0 Å². The van der Waals surface area contributed by atoms with Gasteiger partial charge in [0, 0.05) is 71.8 Å². The third kappa shape index (κ3) is 13.4. The predicted octanol–water partition coefficient (Wildman–Crippen LogP) is 22.4. The van der Waals surface area contributed by atoms with E-state index in [0.29, 0.717) is 13.2 Å². The normalized spacial score (nSPS) is 11.1.